The van der Waals surface area contributed by atoms with Gasteiger partial charge in [-0.15, -0.1) is 0 Å². The van der Waals surface area contributed by atoms with E-state index in [-0.39, 0.29) is 18.9 Å². The molecule has 0 spiro atoms. The third-order valence-corrected chi connectivity index (χ3v) is 12.6. The Morgan fingerprint density at radius 2 is 0.985 bits per heavy atom. The topological polar surface area (TPSA) is 307 Å². The second kappa shape index (κ2) is 32.4. The molecule has 19 nitrogen and oxygen atoms in total. The summed E-state index contributed by atoms with van der Waals surface area (Å²) >= 11 is 0. The Morgan fingerprint density at radius 3 is 1.54 bits per heavy atom. The summed E-state index contributed by atoms with van der Waals surface area (Å²) in [7, 11) is 0. The molecule has 3 heterocycles. The highest BCUT2D eigenvalue weighted by Gasteiger charge is 2.53. The highest BCUT2D eigenvalue weighted by molar-refractivity contribution is 5.76. The summed E-state index contributed by atoms with van der Waals surface area (Å²) in [6, 6.07) is -0.883. The molecule has 0 radical (unpaired) electrons. The summed E-state index contributed by atoms with van der Waals surface area (Å²) in [5.74, 6) is -0.259. The molecular formula is C46H85NO18. The fourth-order valence-electron chi connectivity index (χ4n) is 8.41. The molecule has 1 amide bonds. The molecule has 3 fully saturated rings. The smallest absolute Gasteiger partial charge is 0.220 e. The lowest BCUT2D eigenvalue weighted by molar-refractivity contribution is -0.379. The van der Waals surface area contributed by atoms with Crippen LogP contribution in [0.25, 0.3) is 0 Å². The second-order valence-corrected chi connectivity index (χ2v) is 17.9. The molecule has 12 N–H and O–H groups in total. The zero-order valence-corrected chi connectivity index (χ0v) is 38.7. The van der Waals surface area contributed by atoms with Gasteiger partial charge in [0, 0.05) is 6.42 Å². The van der Waals surface area contributed by atoms with Gasteiger partial charge in [0.15, 0.2) is 18.9 Å². The maximum atomic E-state index is 13.1. The van der Waals surface area contributed by atoms with Crippen molar-refractivity contribution in [1.29, 1.82) is 0 Å². The van der Waals surface area contributed by atoms with E-state index in [9.17, 15) is 61.0 Å². The molecule has 65 heavy (non-hydrogen) atoms. The van der Waals surface area contributed by atoms with E-state index in [0.29, 0.717) is 12.8 Å². The number of allylic oxidation sites excluding steroid dienone is 2. The first kappa shape index (κ1) is 57.8. The van der Waals surface area contributed by atoms with Gasteiger partial charge in [0.25, 0.3) is 0 Å². The second-order valence-electron chi connectivity index (χ2n) is 17.9. The number of rotatable bonds is 33. The first-order valence-electron chi connectivity index (χ1n) is 24.4. The van der Waals surface area contributed by atoms with Crippen molar-refractivity contribution in [2.75, 3.05) is 26.4 Å². The maximum absolute atomic E-state index is 13.1. The van der Waals surface area contributed by atoms with Crippen LogP contribution in [0.5, 0.6) is 0 Å². The molecule has 0 aromatic rings. The summed E-state index contributed by atoms with van der Waals surface area (Å²) < 4.78 is 34.1. The lowest BCUT2D eigenvalue weighted by atomic mass is 9.96. The third kappa shape index (κ3) is 19.1. The average molecular weight is 940 g/mol. The van der Waals surface area contributed by atoms with Gasteiger partial charge in [-0.05, 0) is 32.1 Å². The predicted molar refractivity (Wildman–Crippen MR) is 236 cm³/mol. The van der Waals surface area contributed by atoms with Crippen LogP contribution < -0.4 is 5.32 Å². The van der Waals surface area contributed by atoms with E-state index in [1.165, 1.54) is 44.9 Å². The Bertz CT molecular complexity index is 1260. The zero-order chi connectivity index (χ0) is 47.7. The van der Waals surface area contributed by atoms with Crippen LogP contribution >= 0.6 is 0 Å². The summed E-state index contributed by atoms with van der Waals surface area (Å²) in [4.78, 5) is 13.1. The number of aliphatic hydroxyl groups excluding tert-OH is 11. The van der Waals surface area contributed by atoms with Crippen LogP contribution in [-0.4, -0.2) is 193 Å². The fraction of sp³-hybridized carbons (Fsp3) is 0.935. The largest absolute Gasteiger partial charge is 0.394 e. The van der Waals surface area contributed by atoms with Crippen molar-refractivity contribution < 1.29 is 89.4 Å². The Balaban J connectivity index is 1.58. The maximum Gasteiger partial charge on any atom is 0.220 e. The van der Waals surface area contributed by atoms with E-state index in [0.717, 1.165) is 64.2 Å². The molecular weight excluding hydrogens is 854 g/mol. The van der Waals surface area contributed by atoms with Crippen LogP contribution in [-0.2, 0) is 33.2 Å². The van der Waals surface area contributed by atoms with E-state index >= 15 is 0 Å². The number of unbranched alkanes of at least 4 members (excludes halogenated alkanes) is 15. The van der Waals surface area contributed by atoms with Gasteiger partial charge in [-0.25, -0.2) is 0 Å². The summed E-state index contributed by atoms with van der Waals surface area (Å²) in [5, 5.41) is 119. The van der Waals surface area contributed by atoms with E-state index in [1.807, 2.05) is 0 Å². The van der Waals surface area contributed by atoms with Gasteiger partial charge >= 0.3 is 0 Å². The number of ether oxygens (including phenoxy) is 6. The minimum Gasteiger partial charge on any atom is -0.394 e. The molecule has 17 unspecified atom stereocenters. The molecule has 3 aliphatic rings. The van der Waals surface area contributed by atoms with Crippen molar-refractivity contribution in [2.45, 2.75) is 247 Å². The molecule has 0 aromatic heterocycles. The zero-order valence-electron chi connectivity index (χ0n) is 38.7. The van der Waals surface area contributed by atoms with Crippen LogP contribution in [0.1, 0.15) is 142 Å². The molecule has 0 aromatic carbocycles. The first-order valence-corrected chi connectivity index (χ1v) is 24.4. The van der Waals surface area contributed by atoms with Gasteiger partial charge < -0.3 is 89.9 Å². The molecule has 3 aliphatic heterocycles. The number of carbonyl (C=O) groups excluding carboxylic acids is 1. The molecule has 17 atom stereocenters. The van der Waals surface area contributed by atoms with Crippen LogP contribution in [0.3, 0.4) is 0 Å². The fourth-order valence-corrected chi connectivity index (χ4v) is 8.41. The van der Waals surface area contributed by atoms with E-state index in [1.54, 1.807) is 0 Å². The van der Waals surface area contributed by atoms with E-state index in [4.69, 9.17) is 28.4 Å². The molecule has 0 aliphatic carbocycles. The third-order valence-electron chi connectivity index (χ3n) is 12.6. The molecule has 0 bridgehead atoms. The van der Waals surface area contributed by atoms with Crippen molar-refractivity contribution in [3.8, 4) is 0 Å². The Morgan fingerprint density at radius 1 is 0.538 bits per heavy atom. The summed E-state index contributed by atoms with van der Waals surface area (Å²) in [6.07, 6.45) is -2.22. The summed E-state index contributed by atoms with van der Waals surface area (Å²) in [6.45, 7) is 1.66. The van der Waals surface area contributed by atoms with Gasteiger partial charge in [-0.3, -0.25) is 4.79 Å². The number of nitrogens with one attached hydrogen (secondary N) is 1. The van der Waals surface area contributed by atoms with Gasteiger partial charge in [-0.1, -0.05) is 116 Å². The van der Waals surface area contributed by atoms with Crippen molar-refractivity contribution in [1.82, 2.24) is 5.32 Å². The molecule has 3 rings (SSSR count). The lowest BCUT2D eigenvalue weighted by Gasteiger charge is -2.48. The van der Waals surface area contributed by atoms with Crippen molar-refractivity contribution in [3.63, 3.8) is 0 Å². The van der Waals surface area contributed by atoms with Crippen molar-refractivity contribution in [3.05, 3.63) is 12.2 Å². The van der Waals surface area contributed by atoms with Gasteiger partial charge in [-0.2, -0.15) is 0 Å². The van der Waals surface area contributed by atoms with E-state index < -0.39 is 124 Å². The van der Waals surface area contributed by atoms with Gasteiger partial charge in [0.1, 0.15) is 73.2 Å². The van der Waals surface area contributed by atoms with Crippen molar-refractivity contribution >= 4 is 5.91 Å². The Hall–Kier alpha value is -1.47. The molecule has 382 valence electrons. The van der Waals surface area contributed by atoms with Gasteiger partial charge in [0.05, 0.1) is 38.6 Å². The average Bonchev–Trinajstić information content (AvgIpc) is 3.30. The Labute approximate surface area is 385 Å². The molecule has 19 heteroatoms. The number of aliphatic hydroxyl groups is 11. The van der Waals surface area contributed by atoms with Crippen LogP contribution in [0, 0.1) is 0 Å². The SMILES string of the molecule is CCCC/C=C\CCCCCCCC(=O)NC(COC1OC(CO)C(OC2OC(CO)C(OC3OC(CO)C(O)C(O)C3O)C(O)C2O)C(O)C1O)C(O)CCCCCCCCCCC. The number of amides is 1. The lowest BCUT2D eigenvalue weighted by Crippen LogP contribution is -2.66. The Kier molecular flexibility index (Phi) is 28.8. The molecule has 3 saturated heterocycles. The number of carbonyl (C=O) groups is 1. The molecule has 0 saturated carbocycles. The summed E-state index contributed by atoms with van der Waals surface area (Å²) in [5.41, 5.74) is 0. The monoisotopic (exact) mass is 940 g/mol. The van der Waals surface area contributed by atoms with E-state index in [2.05, 4.69) is 31.3 Å². The van der Waals surface area contributed by atoms with Crippen LogP contribution in [0.4, 0.5) is 0 Å². The number of hydrogen-bond donors (Lipinski definition) is 12. The minimum atomic E-state index is -1.97. The number of hydrogen-bond acceptors (Lipinski definition) is 18. The highest BCUT2D eigenvalue weighted by Crippen LogP contribution is 2.33. The van der Waals surface area contributed by atoms with Gasteiger partial charge in [0.2, 0.25) is 5.91 Å². The van der Waals surface area contributed by atoms with Crippen LogP contribution in [0.2, 0.25) is 0 Å². The first-order chi connectivity index (χ1) is 31.3. The quantitative estimate of drug-likeness (QED) is 0.0318. The minimum absolute atomic E-state index is 0.257. The predicted octanol–water partition coefficient (Wildman–Crippen LogP) is 0.695. The van der Waals surface area contributed by atoms with Crippen molar-refractivity contribution in [2.24, 2.45) is 0 Å². The highest BCUT2D eigenvalue weighted by atomic mass is 16.8. The normalized spacial score (nSPS) is 34.2. The standard InChI is InChI=1S/C46H85NO18/c1-3-5-7-9-11-13-14-16-18-20-22-24-34(52)47-29(30(51)23-21-19-17-15-12-10-8-6-4-2)28-60-44-40(58)37(55)42(32(26-49)62-44)65-46-41(59)38(56)43(33(27-50)63-46)64-45-39(57)36(54)35(53)31(25-48)61-45/h9,11,29-33,35-46,48-51,53-59H,3-8,10,12-28H2,1-2H3,(H,47,52)/b11-9-. The van der Waals surface area contributed by atoms with Crippen LogP contribution in [0.15, 0.2) is 12.2 Å².